The van der Waals surface area contributed by atoms with Gasteiger partial charge in [-0.2, -0.15) is 11.8 Å². The van der Waals surface area contributed by atoms with Crippen molar-refractivity contribution in [1.29, 1.82) is 0 Å². The summed E-state index contributed by atoms with van der Waals surface area (Å²) in [5, 5.41) is 3.31. The van der Waals surface area contributed by atoms with E-state index in [9.17, 15) is 0 Å². The largest absolute Gasteiger partial charge is 0.326 e. The molecule has 1 aliphatic heterocycles. The molecular formula is C6H13N2S. The number of nitrogens with two attached hydrogens (primary N) is 1. The van der Waals surface area contributed by atoms with E-state index >= 15 is 0 Å². The molecule has 1 saturated heterocycles. The molecule has 0 aromatic rings. The molecule has 0 spiro atoms. The Labute approximate surface area is 60.6 Å². The van der Waals surface area contributed by atoms with Crippen molar-refractivity contribution in [3.63, 3.8) is 0 Å². The molecule has 1 heterocycles. The molecule has 0 amide bonds. The Bertz CT molecular complexity index is 79.1. The van der Waals surface area contributed by atoms with Crippen molar-refractivity contribution in [3.8, 4) is 0 Å². The van der Waals surface area contributed by atoms with E-state index in [0.29, 0.717) is 6.04 Å². The Morgan fingerprint density at radius 3 is 2.89 bits per heavy atom. The van der Waals surface area contributed by atoms with E-state index < -0.39 is 0 Å². The summed E-state index contributed by atoms with van der Waals surface area (Å²) < 4.78 is 0. The molecule has 3 N–H and O–H groups in total. The molecule has 1 aliphatic rings. The van der Waals surface area contributed by atoms with Crippen LogP contribution in [-0.2, 0) is 0 Å². The van der Waals surface area contributed by atoms with Gasteiger partial charge in [0.15, 0.2) is 0 Å². The van der Waals surface area contributed by atoms with Crippen molar-refractivity contribution in [1.82, 2.24) is 5.32 Å². The van der Waals surface area contributed by atoms with Gasteiger partial charge >= 0.3 is 0 Å². The van der Waals surface area contributed by atoms with Crippen LogP contribution in [0.2, 0.25) is 0 Å². The van der Waals surface area contributed by atoms with E-state index in [0.717, 1.165) is 12.3 Å². The van der Waals surface area contributed by atoms with Gasteiger partial charge in [0.2, 0.25) is 0 Å². The average Bonchev–Trinajstić information content (AvgIpc) is 1.90. The van der Waals surface area contributed by atoms with Crippen LogP contribution < -0.4 is 11.1 Å². The van der Waals surface area contributed by atoms with E-state index in [-0.39, 0.29) is 6.04 Å². The standard InChI is InChI=1S/C6H13N2S/c1-5(7)6-4-9-3-2-8-6/h5-6,8H,1-4,7H2. The first-order valence-corrected chi connectivity index (χ1v) is 4.36. The van der Waals surface area contributed by atoms with Gasteiger partial charge in [-0.15, -0.1) is 0 Å². The van der Waals surface area contributed by atoms with E-state index in [1.807, 2.05) is 11.8 Å². The second-order valence-electron chi connectivity index (χ2n) is 2.30. The van der Waals surface area contributed by atoms with Gasteiger partial charge in [0.05, 0.1) is 0 Å². The summed E-state index contributed by atoms with van der Waals surface area (Å²) in [4.78, 5) is 0. The van der Waals surface area contributed by atoms with E-state index in [4.69, 9.17) is 5.73 Å². The maximum absolute atomic E-state index is 5.58. The van der Waals surface area contributed by atoms with Crippen LogP contribution in [0.1, 0.15) is 0 Å². The normalized spacial score (nSPS) is 32.0. The van der Waals surface area contributed by atoms with Crippen molar-refractivity contribution in [3.05, 3.63) is 6.92 Å². The summed E-state index contributed by atoms with van der Waals surface area (Å²) in [6.07, 6.45) is 0. The summed E-state index contributed by atoms with van der Waals surface area (Å²) >= 11 is 1.95. The first-order valence-electron chi connectivity index (χ1n) is 3.20. The zero-order valence-electron chi connectivity index (χ0n) is 5.47. The monoisotopic (exact) mass is 145 g/mol. The Balaban J connectivity index is 2.23. The van der Waals surface area contributed by atoms with Crippen LogP contribution in [0.4, 0.5) is 0 Å². The van der Waals surface area contributed by atoms with Gasteiger partial charge in [-0.05, 0) is 6.92 Å². The molecule has 1 rings (SSSR count). The average molecular weight is 145 g/mol. The maximum Gasteiger partial charge on any atom is 0.0310 e. The molecule has 2 unspecified atom stereocenters. The van der Waals surface area contributed by atoms with Crippen LogP contribution >= 0.6 is 11.8 Å². The van der Waals surface area contributed by atoms with E-state index in [2.05, 4.69) is 12.2 Å². The highest BCUT2D eigenvalue weighted by molar-refractivity contribution is 7.99. The molecule has 9 heavy (non-hydrogen) atoms. The molecule has 0 bridgehead atoms. The SMILES string of the molecule is [CH2]C(N)C1CSCCN1. The third-order valence-corrected chi connectivity index (χ3v) is 2.55. The van der Waals surface area contributed by atoms with Crippen LogP contribution in [0.15, 0.2) is 0 Å². The minimum Gasteiger partial charge on any atom is -0.326 e. The van der Waals surface area contributed by atoms with Gasteiger partial charge in [0, 0.05) is 30.1 Å². The molecule has 0 aromatic heterocycles. The molecule has 0 aromatic carbocycles. The van der Waals surface area contributed by atoms with Gasteiger partial charge in [-0.25, -0.2) is 0 Å². The third-order valence-electron chi connectivity index (χ3n) is 1.47. The summed E-state index contributed by atoms with van der Waals surface area (Å²) in [6.45, 7) is 4.85. The first kappa shape index (κ1) is 7.38. The summed E-state index contributed by atoms with van der Waals surface area (Å²) in [5.74, 6) is 2.33. The van der Waals surface area contributed by atoms with Gasteiger partial charge in [0.25, 0.3) is 0 Å². The second-order valence-corrected chi connectivity index (χ2v) is 3.45. The topological polar surface area (TPSA) is 38.0 Å². The minimum absolute atomic E-state index is 0.0535. The Kier molecular flexibility index (Phi) is 2.82. The Hall–Kier alpha value is 0.270. The fourth-order valence-corrected chi connectivity index (χ4v) is 1.91. The number of hydrogen-bond acceptors (Lipinski definition) is 3. The molecule has 3 heteroatoms. The van der Waals surface area contributed by atoms with Crippen LogP contribution in [0.3, 0.4) is 0 Å². The Morgan fingerprint density at radius 1 is 1.78 bits per heavy atom. The summed E-state index contributed by atoms with van der Waals surface area (Å²) in [5.41, 5.74) is 5.58. The van der Waals surface area contributed by atoms with Crippen molar-refractivity contribution < 1.29 is 0 Å². The van der Waals surface area contributed by atoms with Crippen molar-refractivity contribution >= 4 is 11.8 Å². The van der Waals surface area contributed by atoms with E-state index in [1.165, 1.54) is 5.75 Å². The number of nitrogens with one attached hydrogen (secondary N) is 1. The smallest absolute Gasteiger partial charge is 0.0310 e. The van der Waals surface area contributed by atoms with Crippen molar-refractivity contribution in [2.45, 2.75) is 12.1 Å². The van der Waals surface area contributed by atoms with Gasteiger partial charge < -0.3 is 11.1 Å². The lowest BCUT2D eigenvalue weighted by molar-refractivity contribution is 0.516. The van der Waals surface area contributed by atoms with Crippen LogP contribution in [-0.4, -0.2) is 30.1 Å². The quantitative estimate of drug-likeness (QED) is 0.539. The minimum atomic E-state index is 0.0535. The van der Waals surface area contributed by atoms with Crippen LogP contribution in [0.25, 0.3) is 0 Å². The van der Waals surface area contributed by atoms with E-state index in [1.54, 1.807) is 0 Å². The predicted molar refractivity (Wildman–Crippen MR) is 42.4 cm³/mol. The van der Waals surface area contributed by atoms with Gasteiger partial charge in [-0.1, -0.05) is 0 Å². The van der Waals surface area contributed by atoms with Crippen LogP contribution in [0, 0.1) is 6.92 Å². The first-order chi connectivity index (χ1) is 4.30. The molecule has 2 nitrogen and oxygen atoms in total. The molecule has 0 saturated carbocycles. The van der Waals surface area contributed by atoms with Crippen molar-refractivity contribution in [2.75, 3.05) is 18.1 Å². The molecule has 1 fully saturated rings. The highest BCUT2D eigenvalue weighted by Crippen LogP contribution is 2.08. The summed E-state index contributed by atoms with van der Waals surface area (Å²) in [6, 6.07) is 0.488. The number of thioether (sulfide) groups is 1. The van der Waals surface area contributed by atoms with Gasteiger partial charge in [-0.3, -0.25) is 0 Å². The lowest BCUT2D eigenvalue weighted by Gasteiger charge is -2.25. The molecule has 1 radical (unpaired) electrons. The Morgan fingerprint density at radius 2 is 2.56 bits per heavy atom. The third kappa shape index (κ3) is 2.16. The maximum atomic E-state index is 5.58. The second kappa shape index (κ2) is 3.44. The zero-order chi connectivity index (χ0) is 6.69. The fraction of sp³-hybridized carbons (Fsp3) is 0.833. The fourth-order valence-electron chi connectivity index (χ4n) is 0.861. The predicted octanol–water partition coefficient (Wildman–Crippen LogP) is -0.147. The highest BCUT2D eigenvalue weighted by atomic mass is 32.2. The number of hydrogen-bond donors (Lipinski definition) is 2. The molecule has 0 aliphatic carbocycles. The molecular weight excluding hydrogens is 132 g/mol. The lowest BCUT2D eigenvalue weighted by Crippen LogP contribution is -2.48. The summed E-state index contributed by atoms with van der Waals surface area (Å²) in [7, 11) is 0. The lowest BCUT2D eigenvalue weighted by atomic mass is 10.2. The zero-order valence-corrected chi connectivity index (χ0v) is 6.29. The van der Waals surface area contributed by atoms with Crippen molar-refractivity contribution in [2.24, 2.45) is 5.73 Å². The molecule has 53 valence electrons. The number of rotatable bonds is 1. The van der Waals surface area contributed by atoms with Gasteiger partial charge in [0.1, 0.15) is 0 Å². The molecule has 2 atom stereocenters. The van der Waals surface area contributed by atoms with Crippen LogP contribution in [0.5, 0.6) is 0 Å². The highest BCUT2D eigenvalue weighted by Gasteiger charge is 2.15.